The van der Waals surface area contributed by atoms with Crippen molar-refractivity contribution in [2.75, 3.05) is 6.61 Å². The Morgan fingerprint density at radius 2 is 1.87 bits per heavy atom. The molecule has 82 valence electrons. The second-order valence-electron chi connectivity index (χ2n) is 3.05. The van der Waals surface area contributed by atoms with Gasteiger partial charge in [0, 0.05) is 22.0 Å². The van der Waals surface area contributed by atoms with Crippen molar-refractivity contribution in [2.24, 2.45) is 0 Å². The minimum atomic E-state index is -1.08. The molecule has 0 fully saturated rings. The maximum absolute atomic E-state index is 10.9. The van der Waals surface area contributed by atoms with Gasteiger partial charge in [0.1, 0.15) is 6.61 Å². The molecule has 0 spiro atoms. The number of benzene rings is 1. The van der Waals surface area contributed by atoms with Crippen molar-refractivity contribution in [3.63, 3.8) is 0 Å². The van der Waals surface area contributed by atoms with Crippen LogP contribution < -0.4 is 0 Å². The van der Waals surface area contributed by atoms with Gasteiger partial charge in [-0.15, -0.1) is 0 Å². The van der Waals surface area contributed by atoms with Crippen molar-refractivity contribution in [1.82, 2.24) is 0 Å². The quantitative estimate of drug-likeness (QED) is 0.857. The lowest BCUT2D eigenvalue weighted by Gasteiger charge is -2.12. The first-order valence-electron chi connectivity index (χ1n) is 4.30. The topological polar surface area (TPSA) is 57.5 Å². The first-order chi connectivity index (χ1) is 7.06. The average Bonchev–Trinajstić information content (AvgIpc) is 2.17. The summed E-state index contributed by atoms with van der Waals surface area (Å²) in [7, 11) is 0. The van der Waals surface area contributed by atoms with Gasteiger partial charge in [0.05, 0.1) is 6.10 Å². The Bertz CT molecular complexity index is 345. The lowest BCUT2D eigenvalue weighted by molar-refractivity contribution is -0.123. The molecule has 1 atom stereocenters. The molecule has 1 aromatic rings. The third-order valence-electron chi connectivity index (χ3n) is 1.93. The number of hydrogen-bond acceptors (Lipinski definition) is 3. The highest BCUT2D eigenvalue weighted by molar-refractivity contribution is 6.36. The zero-order valence-electron chi connectivity index (χ0n) is 7.78. The normalized spacial score (nSPS) is 12.5. The third-order valence-corrected chi connectivity index (χ3v) is 2.59. The molecular formula is C10H10Cl2O3. The van der Waals surface area contributed by atoms with Crippen LogP contribution in [0, 0.1) is 0 Å². The Morgan fingerprint density at radius 1 is 1.33 bits per heavy atom. The van der Waals surface area contributed by atoms with Crippen LogP contribution in [0.1, 0.15) is 18.1 Å². The summed E-state index contributed by atoms with van der Waals surface area (Å²) in [5.41, 5.74) is 0.322. The molecule has 0 saturated carbocycles. The lowest BCUT2D eigenvalue weighted by Crippen LogP contribution is -2.10. The third kappa shape index (κ3) is 3.18. The lowest BCUT2D eigenvalue weighted by atomic mass is 10.0. The zero-order chi connectivity index (χ0) is 11.4. The molecule has 1 rings (SSSR count). The molecule has 0 aliphatic rings. The molecule has 0 aromatic heterocycles. The van der Waals surface area contributed by atoms with Crippen LogP contribution in [-0.2, 0) is 4.79 Å². The van der Waals surface area contributed by atoms with Crippen LogP contribution in [0.2, 0.25) is 10.0 Å². The molecule has 0 bridgehead atoms. The van der Waals surface area contributed by atoms with Gasteiger partial charge in [-0.3, -0.25) is 4.79 Å². The minimum absolute atomic E-state index is 0.194. The predicted molar refractivity (Wildman–Crippen MR) is 58.1 cm³/mol. The molecule has 15 heavy (non-hydrogen) atoms. The maximum Gasteiger partial charge on any atom is 0.161 e. The van der Waals surface area contributed by atoms with E-state index in [0.717, 1.165) is 0 Å². The molecule has 0 heterocycles. The molecule has 3 nitrogen and oxygen atoms in total. The van der Waals surface area contributed by atoms with Crippen molar-refractivity contribution in [2.45, 2.75) is 12.5 Å². The second kappa shape index (κ2) is 5.47. The van der Waals surface area contributed by atoms with E-state index in [0.29, 0.717) is 15.6 Å². The predicted octanol–water partition coefficient (Wildman–Crippen LogP) is 1.98. The Labute approximate surface area is 97.2 Å². The number of halogens is 2. The van der Waals surface area contributed by atoms with Gasteiger partial charge in [0.2, 0.25) is 0 Å². The zero-order valence-corrected chi connectivity index (χ0v) is 9.29. The van der Waals surface area contributed by atoms with Gasteiger partial charge in [0.15, 0.2) is 5.78 Å². The molecule has 2 N–H and O–H groups in total. The molecule has 5 heteroatoms. The van der Waals surface area contributed by atoms with Crippen LogP contribution in [0.3, 0.4) is 0 Å². The fraction of sp³-hybridized carbons (Fsp3) is 0.300. The van der Waals surface area contributed by atoms with Crippen molar-refractivity contribution in [1.29, 1.82) is 0 Å². The van der Waals surface area contributed by atoms with Crippen molar-refractivity contribution in [3.05, 3.63) is 33.8 Å². The first-order valence-corrected chi connectivity index (χ1v) is 5.06. The van der Waals surface area contributed by atoms with E-state index in [-0.39, 0.29) is 6.42 Å². The Hall–Kier alpha value is -0.610. The van der Waals surface area contributed by atoms with Gasteiger partial charge in [-0.1, -0.05) is 29.3 Å². The van der Waals surface area contributed by atoms with E-state index in [4.69, 9.17) is 28.3 Å². The maximum atomic E-state index is 10.9. The molecule has 1 aromatic carbocycles. The fourth-order valence-electron chi connectivity index (χ4n) is 1.21. The van der Waals surface area contributed by atoms with Crippen molar-refractivity contribution in [3.8, 4) is 0 Å². The highest BCUT2D eigenvalue weighted by Gasteiger charge is 2.17. The van der Waals surface area contributed by atoms with Gasteiger partial charge in [-0.05, 0) is 12.1 Å². The standard InChI is InChI=1S/C10H10Cl2O3/c11-7-2-1-3-8(12)10(7)9(15)4-6(14)5-13/h1-3,9,13,15H,4-5H2/t9-/m1/s1. The minimum Gasteiger partial charge on any atom is -0.389 e. The van der Waals surface area contributed by atoms with Crippen LogP contribution in [0.4, 0.5) is 0 Å². The largest absolute Gasteiger partial charge is 0.389 e. The van der Waals surface area contributed by atoms with Gasteiger partial charge >= 0.3 is 0 Å². The molecule has 0 saturated heterocycles. The molecule has 0 aliphatic carbocycles. The van der Waals surface area contributed by atoms with E-state index in [1.807, 2.05) is 0 Å². The van der Waals surface area contributed by atoms with E-state index in [2.05, 4.69) is 0 Å². The Kier molecular flexibility index (Phi) is 4.54. The number of ketones is 1. The second-order valence-corrected chi connectivity index (χ2v) is 3.87. The van der Waals surface area contributed by atoms with Crippen LogP contribution in [-0.4, -0.2) is 22.6 Å². The average molecular weight is 249 g/mol. The van der Waals surface area contributed by atoms with Gasteiger partial charge in [-0.2, -0.15) is 0 Å². The fourth-order valence-corrected chi connectivity index (χ4v) is 1.86. The Balaban J connectivity index is 2.90. The summed E-state index contributed by atoms with van der Waals surface area (Å²) in [5.74, 6) is -0.460. The van der Waals surface area contributed by atoms with Crippen molar-refractivity contribution >= 4 is 29.0 Å². The summed E-state index contributed by atoms with van der Waals surface area (Å²) < 4.78 is 0. The van der Waals surface area contributed by atoms with E-state index in [1.165, 1.54) is 0 Å². The number of aliphatic hydroxyl groups is 2. The van der Waals surface area contributed by atoms with E-state index >= 15 is 0 Å². The number of carbonyl (C=O) groups excluding carboxylic acids is 1. The number of carbonyl (C=O) groups is 1. The summed E-state index contributed by atoms with van der Waals surface area (Å²) in [6.45, 7) is -0.598. The van der Waals surface area contributed by atoms with E-state index in [9.17, 15) is 9.90 Å². The highest BCUT2D eigenvalue weighted by atomic mass is 35.5. The monoisotopic (exact) mass is 248 g/mol. The molecule has 0 aliphatic heterocycles. The summed E-state index contributed by atoms with van der Waals surface area (Å²) in [4.78, 5) is 10.9. The summed E-state index contributed by atoms with van der Waals surface area (Å²) in [6, 6.07) is 4.81. The number of Topliss-reactive ketones (excluding diaryl/α,β-unsaturated/α-hetero) is 1. The van der Waals surface area contributed by atoms with Crippen LogP contribution in [0.15, 0.2) is 18.2 Å². The summed E-state index contributed by atoms with van der Waals surface area (Å²) in [5, 5.41) is 18.8. The molecular weight excluding hydrogens is 239 g/mol. The number of aliphatic hydroxyl groups excluding tert-OH is 2. The highest BCUT2D eigenvalue weighted by Crippen LogP contribution is 2.31. The van der Waals surface area contributed by atoms with Crippen LogP contribution >= 0.6 is 23.2 Å². The molecule has 0 amide bonds. The summed E-state index contributed by atoms with van der Waals surface area (Å²) >= 11 is 11.7. The van der Waals surface area contributed by atoms with Crippen LogP contribution in [0.5, 0.6) is 0 Å². The smallest absolute Gasteiger partial charge is 0.161 e. The van der Waals surface area contributed by atoms with E-state index < -0.39 is 18.5 Å². The van der Waals surface area contributed by atoms with Crippen molar-refractivity contribution < 1.29 is 15.0 Å². The van der Waals surface area contributed by atoms with E-state index in [1.54, 1.807) is 18.2 Å². The van der Waals surface area contributed by atoms with Crippen LogP contribution in [0.25, 0.3) is 0 Å². The first kappa shape index (κ1) is 12.5. The van der Waals surface area contributed by atoms with Gasteiger partial charge in [-0.25, -0.2) is 0 Å². The number of hydrogen-bond donors (Lipinski definition) is 2. The summed E-state index contributed by atoms with van der Waals surface area (Å²) in [6.07, 6.45) is -1.27. The van der Waals surface area contributed by atoms with Gasteiger partial charge < -0.3 is 10.2 Å². The molecule has 0 unspecified atom stereocenters. The number of rotatable bonds is 4. The SMILES string of the molecule is O=C(CO)C[C@@H](O)c1c(Cl)cccc1Cl. The Morgan fingerprint density at radius 3 is 2.33 bits per heavy atom. The molecule has 0 radical (unpaired) electrons. The van der Waals surface area contributed by atoms with Gasteiger partial charge in [0.25, 0.3) is 0 Å².